The number of hydrogen-bond acceptors (Lipinski definition) is 6. The SMILES string of the molecule is COc1c(Cl)c(Cl)c(-c2ccccc2)c(Cl)c1OC[C@@H]1CNCCO1.O=C(O)/C=C/C(=O)O. The molecule has 0 radical (unpaired) electrons. The first kappa shape index (κ1) is 26.8. The van der Waals surface area contributed by atoms with Crippen molar-refractivity contribution in [3.05, 3.63) is 57.6 Å². The minimum absolute atomic E-state index is 0.0656. The van der Waals surface area contributed by atoms with Gasteiger partial charge in [-0.3, -0.25) is 0 Å². The average molecular weight is 519 g/mol. The summed E-state index contributed by atoms with van der Waals surface area (Å²) in [4.78, 5) is 19.1. The van der Waals surface area contributed by atoms with Crippen molar-refractivity contribution in [1.82, 2.24) is 5.32 Å². The number of rotatable bonds is 7. The normalized spacial score (nSPS) is 15.5. The van der Waals surface area contributed by atoms with E-state index >= 15 is 0 Å². The maximum atomic E-state index is 9.55. The molecule has 1 atom stereocenters. The molecule has 1 heterocycles. The van der Waals surface area contributed by atoms with Crippen LogP contribution in [-0.4, -0.2) is 61.7 Å². The molecule has 11 heteroatoms. The Kier molecular flexibility index (Phi) is 10.8. The number of carboxylic acid groups (broad SMARTS) is 2. The molecule has 0 spiro atoms. The van der Waals surface area contributed by atoms with Gasteiger partial charge in [0.15, 0.2) is 11.5 Å². The molecule has 8 nitrogen and oxygen atoms in total. The van der Waals surface area contributed by atoms with Crippen molar-refractivity contribution < 1.29 is 34.0 Å². The van der Waals surface area contributed by atoms with Gasteiger partial charge in [0.25, 0.3) is 0 Å². The minimum Gasteiger partial charge on any atom is -0.491 e. The molecule has 1 fully saturated rings. The van der Waals surface area contributed by atoms with Gasteiger partial charge in [0.2, 0.25) is 0 Å². The van der Waals surface area contributed by atoms with Crippen molar-refractivity contribution in [3.63, 3.8) is 0 Å². The van der Waals surface area contributed by atoms with Gasteiger partial charge in [-0.25, -0.2) is 9.59 Å². The van der Waals surface area contributed by atoms with E-state index in [4.69, 9.17) is 59.2 Å². The average Bonchev–Trinajstić information content (AvgIpc) is 2.81. The summed E-state index contributed by atoms with van der Waals surface area (Å²) in [6.07, 6.45) is 1.05. The Hall–Kier alpha value is -2.49. The smallest absolute Gasteiger partial charge is 0.328 e. The molecule has 1 saturated heterocycles. The number of aliphatic carboxylic acids is 2. The van der Waals surface area contributed by atoms with Crippen LogP contribution in [0.25, 0.3) is 11.1 Å². The van der Waals surface area contributed by atoms with Crippen LogP contribution in [0, 0.1) is 0 Å². The third kappa shape index (κ3) is 7.80. The van der Waals surface area contributed by atoms with Gasteiger partial charge >= 0.3 is 11.9 Å². The van der Waals surface area contributed by atoms with Crippen molar-refractivity contribution in [2.24, 2.45) is 0 Å². The summed E-state index contributed by atoms with van der Waals surface area (Å²) in [6, 6.07) is 9.55. The van der Waals surface area contributed by atoms with E-state index in [0.29, 0.717) is 59.0 Å². The number of carboxylic acids is 2. The summed E-state index contributed by atoms with van der Waals surface area (Å²) >= 11 is 19.5. The van der Waals surface area contributed by atoms with Crippen molar-refractivity contribution in [2.45, 2.75) is 6.10 Å². The van der Waals surface area contributed by atoms with E-state index in [2.05, 4.69) is 5.32 Å². The zero-order valence-corrected chi connectivity index (χ0v) is 19.8. The summed E-state index contributed by atoms with van der Waals surface area (Å²) in [5.74, 6) is -1.83. The van der Waals surface area contributed by atoms with Crippen LogP contribution >= 0.6 is 34.8 Å². The van der Waals surface area contributed by atoms with Crippen LogP contribution in [0.5, 0.6) is 11.5 Å². The number of halogens is 3. The van der Waals surface area contributed by atoms with Gasteiger partial charge in [0, 0.05) is 30.8 Å². The Morgan fingerprint density at radius 3 is 2.21 bits per heavy atom. The fraction of sp³-hybridized carbons (Fsp3) is 0.273. The molecule has 0 unspecified atom stereocenters. The number of hydrogen-bond donors (Lipinski definition) is 3. The molecule has 178 valence electrons. The highest BCUT2D eigenvalue weighted by molar-refractivity contribution is 6.47. The first-order valence-corrected chi connectivity index (χ1v) is 10.8. The van der Waals surface area contributed by atoms with Crippen LogP contribution in [0.2, 0.25) is 15.1 Å². The van der Waals surface area contributed by atoms with Gasteiger partial charge in [0.05, 0.1) is 23.8 Å². The molecule has 0 saturated carbocycles. The summed E-state index contributed by atoms with van der Waals surface area (Å²) in [6.45, 7) is 2.53. The first-order chi connectivity index (χ1) is 15.8. The molecule has 3 rings (SSSR count). The van der Waals surface area contributed by atoms with Crippen LogP contribution in [0.1, 0.15) is 0 Å². The molecule has 0 bridgehead atoms. The molecule has 1 aliphatic rings. The lowest BCUT2D eigenvalue weighted by molar-refractivity contribution is -0.134. The van der Waals surface area contributed by atoms with Crippen molar-refractivity contribution >= 4 is 46.7 Å². The molecule has 0 aromatic heterocycles. The molecular weight excluding hydrogens is 497 g/mol. The number of methoxy groups -OCH3 is 1. The van der Waals surface area contributed by atoms with Gasteiger partial charge in [-0.15, -0.1) is 0 Å². The van der Waals surface area contributed by atoms with Gasteiger partial charge in [-0.05, 0) is 5.56 Å². The second kappa shape index (κ2) is 13.3. The molecule has 1 aliphatic heterocycles. The maximum Gasteiger partial charge on any atom is 0.328 e. The monoisotopic (exact) mass is 517 g/mol. The number of ether oxygens (including phenoxy) is 3. The van der Waals surface area contributed by atoms with E-state index < -0.39 is 11.9 Å². The van der Waals surface area contributed by atoms with Gasteiger partial charge in [0.1, 0.15) is 17.7 Å². The summed E-state index contributed by atoms with van der Waals surface area (Å²) in [7, 11) is 1.50. The minimum atomic E-state index is -1.26. The third-order valence-electron chi connectivity index (χ3n) is 4.29. The van der Waals surface area contributed by atoms with Crippen LogP contribution < -0.4 is 14.8 Å². The van der Waals surface area contributed by atoms with Gasteiger partial charge in [-0.2, -0.15) is 0 Å². The molecule has 33 heavy (non-hydrogen) atoms. The van der Waals surface area contributed by atoms with E-state index in [1.54, 1.807) is 0 Å². The molecule has 2 aromatic carbocycles. The second-order valence-electron chi connectivity index (χ2n) is 6.56. The van der Waals surface area contributed by atoms with E-state index in [0.717, 1.165) is 12.1 Å². The third-order valence-corrected chi connectivity index (χ3v) is 5.49. The van der Waals surface area contributed by atoms with E-state index in [1.807, 2.05) is 30.3 Å². The van der Waals surface area contributed by atoms with E-state index in [-0.39, 0.29) is 11.1 Å². The Bertz CT molecular complexity index is 977. The highest BCUT2D eigenvalue weighted by Gasteiger charge is 2.25. The lowest BCUT2D eigenvalue weighted by Gasteiger charge is -2.25. The quantitative estimate of drug-likeness (QED) is 0.365. The van der Waals surface area contributed by atoms with Gasteiger partial charge < -0.3 is 29.7 Å². The second-order valence-corrected chi connectivity index (χ2v) is 7.70. The summed E-state index contributed by atoms with van der Waals surface area (Å²) in [5, 5.41) is 19.8. The molecule has 2 aromatic rings. The lowest BCUT2D eigenvalue weighted by atomic mass is 10.0. The van der Waals surface area contributed by atoms with Crippen molar-refractivity contribution in [3.8, 4) is 22.6 Å². The standard InChI is InChI=1S/C18H18Cl3NO3.C4H4O4/c1-23-17-16(21)14(19)13(11-5-3-2-4-6-11)15(20)18(17)25-10-12-9-22-7-8-24-12;5-3(6)1-2-4(7)8/h2-6,12,22H,7-10H2,1H3;1-2H,(H,5,6)(H,7,8)/b;2-1+/t12-;/m0./s1. The molecule has 3 N–H and O–H groups in total. The Balaban J connectivity index is 0.000000414. The Morgan fingerprint density at radius 1 is 1.06 bits per heavy atom. The number of carbonyl (C=O) groups is 2. The number of benzene rings is 2. The van der Waals surface area contributed by atoms with Crippen LogP contribution in [0.3, 0.4) is 0 Å². The largest absolute Gasteiger partial charge is 0.491 e. The zero-order chi connectivity index (χ0) is 24.4. The Labute approximate surface area is 205 Å². The topological polar surface area (TPSA) is 114 Å². The first-order valence-electron chi connectivity index (χ1n) is 9.65. The van der Waals surface area contributed by atoms with E-state index in [9.17, 15) is 9.59 Å². The predicted octanol–water partition coefficient (Wildman–Crippen LogP) is 4.40. The highest BCUT2D eigenvalue weighted by Crippen LogP contribution is 2.51. The molecular formula is C22H22Cl3NO7. The lowest BCUT2D eigenvalue weighted by Crippen LogP contribution is -2.41. The fourth-order valence-electron chi connectivity index (χ4n) is 2.83. The van der Waals surface area contributed by atoms with Gasteiger partial charge in [-0.1, -0.05) is 65.1 Å². The predicted molar refractivity (Wildman–Crippen MR) is 126 cm³/mol. The van der Waals surface area contributed by atoms with Crippen LogP contribution in [0.15, 0.2) is 42.5 Å². The van der Waals surface area contributed by atoms with Crippen molar-refractivity contribution in [2.75, 3.05) is 33.4 Å². The summed E-state index contributed by atoms with van der Waals surface area (Å²) in [5.41, 5.74) is 1.47. The fourth-order valence-corrected chi connectivity index (χ4v) is 3.77. The molecule has 0 amide bonds. The van der Waals surface area contributed by atoms with E-state index in [1.165, 1.54) is 7.11 Å². The maximum absolute atomic E-state index is 9.55. The van der Waals surface area contributed by atoms with Crippen LogP contribution in [-0.2, 0) is 14.3 Å². The summed E-state index contributed by atoms with van der Waals surface area (Å²) < 4.78 is 17.0. The van der Waals surface area contributed by atoms with Crippen LogP contribution in [0.4, 0.5) is 0 Å². The Morgan fingerprint density at radius 2 is 1.70 bits per heavy atom. The highest BCUT2D eigenvalue weighted by atomic mass is 35.5. The number of nitrogens with one attached hydrogen (secondary N) is 1. The molecule has 0 aliphatic carbocycles. The number of morpholine rings is 1. The zero-order valence-electron chi connectivity index (χ0n) is 17.5. The van der Waals surface area contributed by atoms with Crippen molar-refractivity contribution in [1.29, 1.82) is 0 Å².